The molecule has 0 aliphatic carbocycles. The lowest BCUT2D eigenvalue weighted by molar-refractivity contribution is 0.112. The molecule has 0 aliphatic heterocycles. The third-order valence-corrected chi connectivity index (χ3v) is 3.84. The molecule has 0 spiro atoms. The van der Waals surface area contributed by atoms with E-state index in [1.165, 1.54) is 0 Å². The zero-order valence-corrected chi connectivity index (χ0v) is 12.5. The Kier molecular flexibility index (Phi) is 3.43. The van der Waals surface area contributed by atoms with E-state index in [4.69, 9.17) is 16.3 Å². The first-order chi connectivity index (χ1) is 10.1. The highest BCUT2D eigenvalue weighted by Crippen LogP contribution is 2.32. The molecule has 106 valence electrons. The number of carbonyl (C=O) groups is 1. The average molecular weight is 300 g/mol. The molecule has 2 aromatic carbocycles. The number of hydrogen-bond donors (Lipinski definition) is 1. The van der Waals surface area contributed by atoms with Crippen molar-refractivity contribution in [3.05, 3.63) is 52.5 Å². The number of benzene rings is 2. The van der Waals surface area contributed by atoms with Crippen LogP contribution in [-0.4, -0.2) is 18.4 Å². The molecule has 0 atom stereocenters. The molecule has 3 rings (SSSR count). The topological polar surface area (TPSA) is 42.1 Å². The van der Waals surface area contributed by atoms with Gasteiger partial charge in [0, 0.05) is 21.5 Å². The molecule has 0 saturated heterocycles. The number of halogens is 1. The monoisotopic (exact) mass is 299 g/mol. The first-order valence-corrected chi connectivity index (χ1v) is 6.93. The van der Waals surface area contributed by atoms with Crippen LogP contribution < -0.4 is 4.74 Å². The van der Waals surface area contributed by atoms with E-state index in [1.807, 2.05) is 31.2 Å². The van der Waals surface area contributed by atoms with Gasteiger partial charge in [0.15, 0.2) is 6.29 Å². The second-order valence-corrected chi connectivity index (χ2v) is 5.34. The number of methoxy groups -OCH3 is 1. The number of nitrogens with one attached hydrogen (secondary N) is 1. The maximum Gasteiger partial charge on any atom is 0.152 e. The summed E-state index contributed by atoms with van der Waals surface area (Å²) in [5, 5.41) is 1.45. The second kappa shape index (κ2) is 5.26. The Morgan fingerprint density at radius 3 is 2.67 bits per heavy atom. The number of H-pyrrole nitrogens is 1. The summed E-state index contributed by atoms with van der Waals surface area (Å²) in [6.45, 7) is 1.97. The van der Waals surface area contributed by atoms with Gasteiger partial charge in [-0.15, -0.1) is 0 Å². The number of rotatable bonds is 3. The molecule has 1 aromatic heterocycles. The van der Waals surface area contributed by atoms with Gasteiger partial charge in [0.1, 0.15) is 5.75 Å². The number of aromatic amines is 1. The van der Waals surface area contributed by atoms with Crippen molar-refractivity contribution in [2.45, 2.75) is 6.92 Å². The lowest BCUT2D eigenvalue weighted by Crippen LogP contribution is -1.89. The number of fused-ring (bicyclic) bond motifs is 1. The van der Waals surface area contributed by atoms with Crippen LogP contribution in [0.4, 0.5) is 0 Å². The molecule has 0 unspecified atom stereocenters. The third-order valence-electron chi connectivity index (χ3n) is 3.60. The Hall–Kier alpha value is -2.26. The fourth-order valence-electron chi connectivity index (χ4n) is 2.57. The van der Waals surface area contributed by atoms with Crippen molar-refractivity contribution in [3.63, 3.8) is 0 Å². The minimum Gasteiger partial charge on any atom is -0.496 e. The van der Waals surface area contributed by atoms with E-state index in [2.05, 4.69) is 4.98 Å². The molecule has 3 aromatic rings. The van der Waals surface area contributed by atoms with Crippen molar-refractivity contribution in [2.24, 2.45) is 0 Å². The molecule has 0 amide bonds. The highest BCUT2D eigenvalue weighted by atomic mass is 35.5. The molecule has 0 saturated carbocycles. The van der Waals surface area contributed by atoms with Crippen LogP contribution in [0.5, 0.6) is 5.75 Å². The van der Waals surface area contributed by atoms with Crippen LogP contribution in [0.3, 0.4) is 0 Å². The van der Waals surface area contributed by atoms with Crippen LogP contribution in [-0.2, 0) is 0 Å². The molecule has 4 heteroatoms. The first kappa shape index (κ1) is 13.7. The van der Waals surface area contributed by atoms with Gasteiger partial charge in [-0.25, -0.2) is 0 Å². The summed E-state index contributed by atoms with van der Waals surface area (Å²) >= 11 is 6.02. The molecule has 0 radical (unpaired) electrons. The van der Waals surface area contributed by atoms with Gasteiger partial charge >= 0.3 is 0 Å². The lowest BCUT2D eigenvalue weighted by Gasteiger charge is -2.07. The van der Waals surface area contributed by atoms with E-state index in [0.717, 1.165) is 39.8 Å². The molecular weight excluding hydrogens is 286 g/mol. The normalized spacial score (nSPS) is 10.8. The molecule has 3 nitrogen and oxygen atoms in total. The van der Waals surface area contributed by atoms with E-state index in [-0.39, 0.29) is 0 Å². The van der Waals surface area contributed by atoms with E-state index in [1.54, 1.807) is 19.2 Å². The van der Waals surface area contributed by atoms with Crippen LogP contribution in [0.1, 0.15) is 15.9 Å². The Balaban J connectivity index is 2.24. The lowest BCUT2D eigenvalue weighted by atomic mass is 10.0. The predicted molar refractivity (Wildman–Crippen MR) is 85.4 cm³/mol. The van der Waals surface area contributed by atoms with Gasteiger partial charge in [-0.1, -0.05) is 11.6 Å². The highest BCUT2D eigenvalue weighted by molar-refractivity contribution is 6.31. The summed E-state index contributed by atoms with van der Waals surface area (Å²) in [6, 6.07) is 11.3. The van der Waals surface area contributed by atoms with Crippen molar-refractivity contribution in [1.29, 1.82) is 0 Å². The third kappa shape index (κ3) is 2.30. The van der Waals surface area contributed by atoms with E-state index >= 15 is 0 Å². The number of aryl methyl sites for hydroxylation is 1. The van der Waals surface area contributed by atoms with Crippen LogP contribution in [0, 0.1) is 6.92 Å². The molecular formula is C17H14ClNO2. The summed E-state index contributed by atoms with van der Waals surface area (Å²) in [7, 11) is 1.64. The van der Waals surface area contributed by atoms with Gasteiger partial charge in [0.25, 0.3) is 0 Å². The van der Waals surface area contributed by atoms with E-state index in [9.17, 15) is 4.79 Å². The molecule has 1 heterocycles. The van der Waals surface area contributed by atoms with Crippen molar-refractivity contribution in [1.82, 2.24) is 4.98 Å². The van der Waals surface area contributed by atoms with Gasteiger partial charge < -0.3 is 9.72 Å². The predicted octanol–water partition coefficient (Wildman–Crippen LogP) is 4.62. The minimum atomic E-state index is 0.613. The van der Waals surface area contributed by atoms with Crippen molar-refractivity contribution in [2.75, 3.05) is 7.11 Å². The van der Waals surface area contributed by atoms with Gasteiger partial charge in [-0.05, 0) is 54.4 Å². The molecule has 0 bridgehead atoms. The SMILES string of the molecule is COc1ccc(-c2[nH]c3ccc(Cl)cc3c2C=O)cc1C. The maximum absolute atomic E-state index is 11.5. The Labute approximate surface area is 127 Å². The zero-order valence-electron chi connectivity index (χ0n) is 11.7. The van der Waals surface area contributed by atoms with Crippen molar-refractivity contribution >= 4 is 28.8 Å². The van der Waals surface area contributed by atoms with Crippen molar-refractivity contribution < 1.29 is 9.53 Å². The highest BCUT2D eigenvalue weighted by Gasteiger charge is 2.13. The smallest absolute Gasteiger partial charge is 0.152 e. The molecule has 21 heavy (non-hydrogen) atoms. The summed E-state index contributed by atoms with van der Waals surface area (Å²) in [5.41, 5.74) is 4.28. The van der Waals surface area contributed by atoms with Crippen LogP contribution >= 0.6 is 11.6 Å². The van der Waals surface area contributed by atoms with Crippen molar-refractivity contribution in [3.8, 4) is 17.0 Å². The number of carbonyl (C=O) groups excluding carboxylic acids is 1. The summed E-state index contributed by atoms with van der Waals surface area (Å²) in [5.74, 6) is 0.825. The second-order valence-electron chi connectivity index (χ2n) is 4.91. The Bertz CT molecular complexity index is 836. The van der Waals surface area contributed by atoms with E-state index < -0.39 is 0 Å². The quantitative estimate of drug-likeness (QED) is 0.717. The van der Waals surface area contributed by atoms with Gasteiger partial charge in [-0.2, -0.15) is 0 Å². The fourth-order valence-corrected chi connectivity index (χ4v) is 2.74. The Morgan fingerprint density at radius 2 is 2.00 bits per heavy atom. The standard InChI is InChI=1S/C17H14ClNO2/c1-10-7-11(3-6-16(10)21-2)17-14(9-20)13-8-12(18)4-5-15(13)19-17/h3-9,19H,1-2H3. The zero-order chi connectivity index (χ0) is 15.0. The van der Waals surface area contributed by atoms with E-state index in [0.29, 0.717) is 10.6 Å². The summed E-state index contributed by atoms with van der Waals surface area (Å²) < 4.78 is 5.27. The van der Waals surface area contributed by atoms with Gasteiger partial charge in [-0.3, -0.25) is 4.79 Å². The molecule has 0 aliphatic rings. The van der Waals surface area contributed by atoms with Crippen LogP contribution in [0.25, 0.3) is 22.2 Å². The van der Waals surface area contributed by atoms with Crippen LogP contribution in [0.2, 0.25) is 5.02 Å². The van der Waals surface area contributed by atoms with Gasteiger partial charge in [0.2, 0.25) is 0 Å². The molecule has 0 fully saturated rings. The Morgan fingerprint density at radius 1 is 1.19 bits per heavy atom. The van der Waals surface area contributed by atoms with Gasteiger partial charge in [0.05, 0.1) is 12.8 Å². The largest absolute Gasteiger partial charge is 0.496 e. The van der Waals surface area contributed by atoms with Crippen LogP contribution in [0.15, 0.2) is 36.4 Å². The maximum atomic E-state index is 11.5. The summed E-state index contributed by atoms with van der Waals surface area (Å²) in [4.78, 5) is 14.8. The minimum absolute atomic E-state index is 0.613. The number of aromatic nitrogens is 1. The first-order valence-electron chi connectivity index (χ1n) is 6.55. The summed E-state index contributed by atoms with van der Waals surface area (Å²) in [6.07, 6.45) is 0.865. The average Bonchev–Trinajstić information content (AvgIpc) is 2.84. The number of hydrogen-bond acceptors (Lipinski definition) is 2. The number of aldehydes is 1. The fraction of sp³-hybridized carbons (Fsp3) is 0.118. The molecule has 1 N–H and O–H groups in total. The number of ether oxygens (including phenoxy) is 1.